The first-order valence-electron chi connectivity index (χ1n) is 8.63. The van der Waals surface area contributed by atoms with Gasteiger partial charge in [0.05, 0.1) is 6.54 Å². The lowest BCUT2D eigenvalue weighted by Crippen LogP contribution is -2.34. The van der Waals surface area contributed by atoms with Gasteiger partial charge in [0.25, 0.3) is 5.91 Å². The highest BCUT2D eigenvalue weighted by Gasteiger charge is 2.22. The van der Waals surface area contributed by atoms with Crippen molar-refractivity contribution in [2.45, 2.75) is 26.2 Å². The third kappa shape index (κ3) is 6.19. The molecule has 1 aliphatic heterocycles. The van der Waals surface area contributed by atoms with Gasteiger partial charge in [0.2, 0.25) is 11.8 Å². The first kappa shape index (κ1) is 18.9. The van der Waals surface area contributed by atoms with Crippen molar-refractivity contribution in [2.24, 2.45) is 17.6 Å². The summed E-state index contributed by atoms with van der Waals surface area (Å²) >= 11 is 0. The molecule has 5 N–H and O–H groups in total. The molecule has 2 rings (SSSR count). The lowest BCUT2D eigenvalue weighted by Gasteiger charge is -2.28. The molecule has 1 aliphatic rings. The molecule has 1 aromatic rings. The van der Waals surface area contributed by atoms with E-state index in [1.807, 2.05) is 0 Å². The Kier molecular flexibility index (Phi) is 6.94. The smallest absolute Gasteiger partial charge is 0.251 e. The maximum Gasteiger partial charge on any atom is 0.251 e. The summed E-state index contributed by atoms with van der Waals surface area (Å²) in [5, 5.41) is 8.63. The molecule has 3 amide bonds. The number of carbonyl (C=O) groups excluding carboxylic acids is 3. The van der Waals surface area contributed by atoms with E-state index in [9.17, 15) is 14.4 Å². The van der Waals surface area contributed by atoms with Gasteiger partial charge in [0.1, 0.15) is 0 Å². The van der Waals surface area contributed by atoms with Crippen LogP contribution in [0.4, 0.5) is 5.69 Å². The van der Waals surface area contributed by atoms with E-state index in [1.165, 1.54) is 0 Å². The van der Waals surface area contributed by atoms with Crippen LogP contribution < -0.4 is 21.7 Å². The molecule has 136 valence electrons. The van der Waals surface area contributed by atoms with Crippen LogP contribution in [0.25, 0.3) is 0 Å². The van der Waals surface area contributed by atoms with Gasteiger partial charge in [0.15, 0.2) is 0 Å². The van der Waals surface area contributed by atoms with Crippen molar-refractivity contribution >= 4 is 23.4 Å². The fraction of sp³-hybridized carbons (Fsp3) is 0.500. The number of carbonyl (C=O) groups is 3. The molecule has 1 fully saturated rings. The van der Waals surface area contributed by atoms with E-state index < -0.39 is 11.8 Å². The van der Waals surface area contributed by atoms with Gasteiger partial charge >= 0.3 is 0 Å². The summed E-state index contributed by atoms with van der Waals surface area (Å²) in [6.07, 6.45) is 2.75. The number of piperidine rings is 1. The van der Waals surface area contributed by atoms with Crippen LogP contribution in [0.1, 0.15) is 36.5 Å². The van der Waals surface area contributed by atoms with E-state index >= 15 is 0 Å². The molecule has 1 saturated heterocycles. The molecule has 2 unspecified atom stereocenters. The fourth-order valence-electron chi connectivity index (χ4n) is 3.04. The van der Waals surface area contributed by atoms with Crippen LogP contribution in [0.3, 0.4) is 0 Å². The molecule has 0 radical (unpaired) electrons. The predicted molar refractivity (Wildman–Crippen MR) is 96.0 cm³/mol. The van der Waals surface area contributed by atoms with E-state index in [0.29, 0.717) is 29.5 Å². The van der Waals surface area contributed by atoms with Gasteiger partial charge in [-0.1, -0.05) is 13.0 Å². The van der Waals surface area contributed by atoms with Crippen LogP contribution in [0.2, 0.25) is 0 Å². The zero-order chi connectivity index (χ0) is 18.2. The molecule has 0 spiro atoms. The maximum atomic E-state index is 12.3. The van der Waals surface area contributed by atoms with Gasteiger partial charge in [-0.3, -0.25) is 14.4 Å². The van der Waals surface area contributed by atoms with Gasteiger partial charge in [-0.15, -0.1) is 0 Å². The maximum absolute atomic E-state index is 12.3. The third-order valence-corrected chi connectivity index (χ3v) is 4.48. The minimum absolute atomic E-state index is 0.0623. The van der Waals surface area contributed by atoms with E-state index in [2.05, 4.69) is 22.9 Å². The zero-order valence-corrected chi connectivity index (χ0v) is 14.5. The Morgan fingerprint density at radius 2 is 2.16 bits per heavy atom. The molecular formula is C18H26N4O3. The quantitative estimate of drug-likeness (QED) is 0.586. The van der Waals surface area contributed by atoms with Crippen molar-refractivity contribution < 1.29 is 14.4 Å². The van der Waals surface area contributed by atoms with Crippen molar-refractivity contribution in [3.05, 3.63) is 29.8 Å². The van der Waals surface area contributed by atoms with Gasteiger partial charge in [-0.2, -0.15) is 0 Å². The number of nitrogens with two attached hydrogens (primary N) is 1. The number of hydrogen-bond donors (Lipinski definition) is 4. The number of primary amides is 1. The van der Waals surface area contributed by atoms with Gasteiger partial charge < -0.3 is 21.7 Å². The molecule has 25 heavy (non-hydrogen) atoms. The van der Waals surface area contributed by atoms with Crippen LogP contribution in [-0.2, 0) is 9.59 Å². The molecule has 2 atom stereocenters. The Morgan fingerprint density at radius 1 is 1.36 bits per heavy atom. The third-order valence-electron chi connectivity index (χ3n) is 4.48. The van der Waals surface area contributed by atoms with Crippen molar-refractivity contribution in [1.82, 2.24) is 10.6 Å². The van der Waals surface area contributed by atoms with Gasteiger partial charge in [0, 0.05) is 17.7 Å². The van der Waals surface area contributed by atoms with Crippen LogP contribution >= 0.6 is 0 Å². The van der Waals surface area contributed by atoms with Crippen LogP contribution in [0.5, 0.6) is 0 Å². The number of hydrogen-bond acceptors (Lipinski definition) is 4. The summed E-state index contributed by atoms with van der Waals surface area (Å²) in [4.78, 5) is 34.9. The molecule has 7 nitrogen and oxygen atoms in total. The Bertz CT molecular complexity index is 627. The van der Waals surface area contributed by atoms with E-state index in [-0.39, 0.29) is 12.5 Å². The molecule has 1 aromatic carbocycles. The summed E-state index contributed by atoms with van der Waals surface area (Å²) in [5.41, 5.74) is 5.93. The number of anilines is 1. The summed E-state index contributed by atoms with van der Waals surface area (Å²) in [5.74, 6) is -0.256. The Labute approximate surface area is 147 Å². The Hall–Kier alpha value is -2.41. The van der Waals surface area contributed by atoms with Crippen LogP contribution in [0.15, 0.2) is 24.3 Å². The minimum Gasteiger partial charge on any atom is -0.368 e. The van der Waals surface area contributed by atoms with E-state index in [4.69, 9.17) is 5.73 Å². The summed E-state index contributed by atoms with van der Waals surface area (Å²) in [6.45, 7) is 3.90. The second-order valence-corrected chi connectivity index (χ2v) is 6.57. The summed E-state index contributed by atoms with van der Waals surface area (Å²) < 4.78 is 0. The molecule has 0 aromatic heterocycles. The minimum atomic E-state index is -0.607. The van der Waals surface area contributed by atoms with Crippen molar-refractivity contribution in [3.63, 3.8) is 0 Å². The molecule has 0 bridgehead atoms. The standard InChI is InChI=1S/C18H26N4O3/c1-12(14-5-3-7-20-10-14)8-17(24)22-15-6-2-4-13(9-15)18(25)21-11-16(19)23/h2,4,6,9,12,14,20H,3,5,7-8,10-11H2,1H3,(H2,19,23)(H,21,25)(H,22,24). The monoisotopic (exact) mass is 346 g/mol. The van der Waals surface area contributed by atoms with Crippen LogP contribution in [0, 0.1) is 11.8 Å². The Balaban J connectivity index is 1.88. The lowest BCUT2D eigenvalue weighted by atomic mass is 9.85. The first-order chi connectivity index (χ1) is 12.0. The average molecular weight is 346 g/mol. The normalized spacial score (nSPS) is 18.2. The highest BCUT2D eigenvalue weighted by molar-refractivity contribution is 5.98. The second-order valence-electron chi connectivity index (χ2n) is 6.57. The molecule has 0 aliphatic carbocycles. The first-order valence-corrected chi connectivity index (χ1v) is 8.63. The second kappa shape index (κ2) is 9.17. The van der Waals surface area contributed by atoms with E-state index in [0.717, 1.165) is 25.9 Å². The van der Waals surface area contributed by atoms with Crippen molar-refractivity contribution in [1.29, 1.82) is 0 Å². The van der Waals surface area contributed by atoms with Crippen molar-refractivity contribution in [3.8, 4) is 0 Å². The topological polar surface area (TPSA) is 113 Å². The fourth-order valence-corrected chi connectivity index (χ4v) is 3.04. The van der Waals surface area contributed by atoms with Crippen LogP contribution in [-0.4, -0.2) is 37.4 Å². The average Bonchev–Trinajstić information content (AvgIpc) is 2.60. The molecule has 7 heteroatoms. The Morgan fingerprint density at radius 3 is 2.84 bits per heavy atom. The number of amides is 3. The predicted octanol–water partition coefficient (Wildman–Crippen LogP) is 0.866. The SMILES string of the molecule is CC(CC(=O)Nc1cccc(C(=O)NCC(N)=O)c1)C1CCCNC1. The molecule has 1 heterocycles. The highest BCUT2D eigenvalue weighted by Crippen LogP contribution is 2.23. The molecular weight excluding hydrogens is 320 g/mol. The largest absolute Gasteiger partial charge is 0.368 e. The van der Waals surface area contributed by atoms with Crippen molar-refractivity contribution in [2.75, 3.05) is 25.0 Å². The highest BCUT2D eigenvalue weighted by atomic mass is 16.2. The summed E-state index contributed by atoms with van der Waals surface area (Å²) in [7, 11) is 0. The number of nitrogens with one attached hydrogen (secondary N) is 3. The lowest BCUT2D eigenvalue weighted by molar-refractivity contribution is -0.118. The van der Waals surface area contributed by atoms with E-state index in [1.54, 1.807) is 24.3 Å². The number of rotatable bonds is 7. The van der Waals surface area contributed by atoms with Gasteiger partial charge in [-0.05, 0) is 56.0 Å². The molecule has 0 saturated carbocycles. The number of benzene rings is 1. The van der Waals surface area contributed by atoms with Gasteiger partial charge in [-0.25, -0.2) is 0 Å². The zero-order valence-electron chi connectivity index (χ0n) is 14.5. The summed E-state index contributed by atoms with van der Waals surface area (Å²) in [6, 6.07) is 6.61.